The summed E-state index contributed by atoms with van der Waals surface area (Å²) >= 11 is 1.58. The lowest BCUT2D eigenvalue weighted by Crippen LogP contribution is -2.48. The third kappa shape index (κ3) is 4.55. The van der Waals surface area contributed by atoms with Gasteiger partial charge in [0, 0.05) is 26.2 Å². The zero-order valence-corrected chi connectivity index (χ0v) is 16.8. The molecule has 8 heteroatoms. The zero-order valence-electron chi connectivity index (χ0n) is 16.0. The first-order valence-electron chi connectivity index (χ1n) is 9.45. The van der Waals surface area contributed by atoms with Crippen molar-refractivity contribution in [1.29, 1.82) is 0 Å². The smallest absolute Gasteiger partial charge is 0.257 e. The molecule has 1 aliphatic rings. The van der Waals surface area contributed by atoms with Crippen molar-refractivity contribution in [3.63, 3.8) is 0 Å². The van der Waals surface area contributed by atoms with Crippen LogP contribution in [0.15, 0.2) is 59.0 Å². The summed E-state index contributed by atoms with van der Waals surface area (Å²) in [7, 11) is 0. The van der Waals surface area contributed by atoms with Crippen LogP contribution in [0.1, 0.15) is 16.2 Å². The van der Waals surface area contributed by atoms with Gasteiger partial charge in [0.2, 0.25) is 11.7 Å². The summed E-state index contributed by atoms with van der Waals surface area (Å²) in [5, 5.41) is 6.04. The first kappa shape index (κ1) is 19.4. The molecule has 7 nitrogen and oxygen atoms in total. The molecule has 3 aromatic rings. The Bertz CT molecular complexity index is 962. The molecule has 1 fully saturated rings. The van der Waals surface area contributed by atoms with Crippen LogP contribution < -0.4 is 4.74 Å². The molecule has 3 heterocycles. The average molecular weight is 410 g/mol. The number of thiophene rings is 1. The second-order valence-corrected chi connectivity index (χ2v) is 7.60. The van der Waals surface area contributed by atoms with Gasteiger partial charge in [-0.3, -0.25) is 9.69 Å². The number of carbonyl (C=O) groups is 1. The molecular formula is C21H22N4O3S. The summed E-state index contributed by atoms with van der Waals surface area (Å²) in [5.41, 5.74) is 0.584. The topological polar surface area (TPSA) is 71.7 Å². The van der Waals surface area contributed by atoms with Crippen molar-refractivity contribution in [2.45, 2.75) is 6.54 Å². The summed E-state index contributed by atoms with van der Waals surface area (Å²) in [6, 6.07) is 11.3. The van der Waals surface area contributed by atoms with Gasteiger partial charge in [0.15, 0.2) is 0 Å². The van der Waals surface area contributed by atoms with Gasteiger partial charge < -0.3 is 14.2 Å². The second-order valence-electron chi connectivity index (χ2n) is 6.65. The summed E-state index contributed by atoms with van der Waals surface area (Å²) in [5.74, 6) is 1.80. The molecule has 1 aromatic carbocycles. The van der Waals surface area contributed by atoms with Crippen LogP contribution in [0, 0.1) is 0 Å². The molecule has 0 radical (unpaired) electrons. The Balaban J connectivity index is 1.34. The lowest BCUT2D eigenvalue weighted by molar-refractivity contribution is 0.0611. The molecule has 150 valence electrons. The fourth-order valence-corrected chi connectivity index (χ4v) is 3.86. The predicted molar refractivity (Wildman–Crippen MR) is 111 cm³/mol. The van der Waals surface area contributed by atoms with Crippen molar-refractivity contribution in [3.05, 3.63) is 65.9 Å². The van der Waals surface area contributed by atoms with Gasteiger partial charge in [-0.25, -0.2) is 0 Å². The molecule has 0 N–H and O–H groups in total. The molecular weight excluding hydrogens is 388 g/mol. The van der Waals surface area contributed by atoms with Gasteiger partial charge in [-0.2, -0.15) is 4.98 Å². The molecule has 0 unspecified atom stereocenters. The van der Waals surface area contributed by atoms with Crippen LogP contribution in [0.5, 0.6) is 5.75 Å². The highest BCUT2D eigenvalue weighted by molar-refractivity contribution is 7.13. The third-order valence-corrected chi connectivity index (χ3v) is 5.57. The standard InChI is InChI=1S/C21H22N4O3S/c1-2-13-27-17-7-4-3-6-16(17)21(26)25-11-9-24(10-12-25)15-19-22-20(23-28-19)18-8-5-14-29-18/h2-8,14H,1,9-13,15H2. The molecule has 29 heavy (non-hydrogen) atoms. The molecule has 0 atom stereocenters. The van der Waals surface area contributed by atoms with E-state index in [0.717, 1.165) is 18.0 Å². The molecule has 0 aliphatic carbocycles. The van der Waals surface area contributed by atoms with E-state index >= 15 is 0 Å². The van der Waals surface area contributed by atoms with E-state index in [2.05, 4.69) is 21.6 Å². The minimum absolute atomic E-state index is 0.0120. The Morgan fingerprint density at radius 2 is 2.03 bits per heavy atom. The number of hydrogen-bond donors (Lipinski definition) is 0. The molecule has 1 amide bonds. The second kappa shape index (κ2) is 9.02. The van der Waals surface area contributed by atoms with E-state index in [1.54, 1.807) is 23.5 Å². The van der Waals surface area contributed by atoms with Gasteiger partial charge in [-0.1, -0.05) is 36.0 Å². The van der Waals surface area contributed by atoms with Crippen molar-refractivity contribution in [3.8, 4) is 16.5 Å². The summed E-state index contributed by atoms with van der Waals surface area (Å²) in [4.78, 5) is 22.5. The summed E-state index contributed by atoms with van der Waals surface area (Å²) in [6.45, 7) is 7.38. The maximum Gasteiger partial charge on any atom is 0.257 e. The highest BCUT2D eigenvalue weighted by atomic mass is 32.1. The van der Waals surface area contributed by atoms with E-state index in [-0.39, 0.29) is 5.91 Å². The molecule has 2 aromatic heterocycles. The number of nitrogens with zero attached hydrogens (tertiary/aromatic N) is 4. The third-order valence-electron chi connectivity index (χ3n) is 4.70. The Morgan fingerprint density at radius 3 is 2.79 bits per heavy atom. The molecule has 1 aliphatic heterocycles. The first-order valence-corrected chi connectivity index (χ1v) is 10.3. The first-order chi connectivity index (χ1) is 14.2. The van der Waals surface area contributed by atoms with Crippen molar-refractivity contribution >= 4 is 17.2 Å². The van der Waals surface area contributed by atoms with Crippen LogP contribution in [-0.4, -0.2) is 58.6 Å². The van der Waals surface area contributed by atoms with E-state index < -0.39 is 0 Å². The maximum atomic E-state index is 12.9. The largest absolute Gasteiger partial charge is 0.489 e. The fraction of sp³-hybridized carbons (Fsp3) is 0.286. The van der Waals surface area contributed by atoms with Gasteiger partial charge in [0.1, 0.15) is 12.4 Å². The Kier molecular flexibility index (Phi) is 6.02. The van der Waals surface area contributed by atoms with Gasteiger partial charge in [-0.15, -0.1) is 11.3 Å². The van der Waals surface area contributed by atoms with E-state index in [9.17, 15) is 4.79 Å². The number of aromatic nitrogens is 2. The van der Waals surface area contributed by atoms with Crippen LogP contribution in [-0.2, 0) is 6.54 Å². The molecule has 4 rings (SSSR count). The van der Waals surface area contributed by atoms with Gasteiger partial charge >= 0.3 is 0 Å². The quantitative estimate of drug-likeness (QED) is 0.557. The number of hydrogen-bond acceptors (Lipinski definition) is 7. The van der Waals surface area contributed by atoms with Gasteiger partial charge in [0.25, 0.3) is 5.91 Å². The SMILES string of the molecule is C=CCOc1ccccc1C(=O)N1CCN(Cc2nc(-c3cccs3)no2)CC1. The van der Waals surface area contributed by atoms with Crippen LogP contribution in [0.4, 0.5) is 0 Å². The van der Waals surface area contributed by atoms with Crippen molar-refractivity contribution in [2.24, 2.45) is 0 Å². The highest BCUT2D eigenvalue weighted by Gasteiger charge is 2.25. The lowest BCUT2D eigenvalue weighted by Gasteiger charge is -2.34. The predicted octanol–water partition coefficient (Wildman–Crippen LogP) is 3.32. The van der Waals surface area contributed by atoms with E-state index in [1.807, 2.05) is 40.6 Å². The average Bonchev–Trinajstić information content (AvgIpc) is 3.44. The molecule has 0 spiro atoms. The summed E-state index contributed by atoms with van der Waals surface area (Å²) in [6.07, 6.45) is 1.67. The van der Waals surface area contributed by atoms with Crippen LogP contribution >= 0.6 is 11.3 Å². The number of benzene rings is 1. The van der Waals surface area contributed by atoms with Crippen LogP contribution in [0.25, 0.3) is 10.7 Å². The number of amides is 1. The van der Waals surface area contributed by atoms with Crippen molar-refractivity contribution in [2.75, 3.05) is 32.8 Å². The number of carbonyl (C=O) groups excluding carboxylic acids is 1. The number of rotatable bonds is 7. The van der Waals surface area contributed by atoms with Crippen LogP contribution in [0.3, 0.4) is 0 Å². The Morgan fingerprint density at radius 1 is 1.21 bits per heavy atom. The Labute approximate surface area is 173 Å². The summed E-state index contributed by atoms with van der Waals surface area (Å²) < 4.78 is 11.0. The highest BCUT2D eigenvalue weighted by Crippen LogP contribution is 2.23. The molecule has 0 bridgehead atoms. The zero-order chi connectivity index (χ0) is 20.1. The van der Waals surface area contributed by atoms with Crippen LogP contribution in [0.2, 0.25) is 0 Å². The van der Waals surface area contributed by atoms with E-state index in [4.69, 9.17) is 9.26 Å². The molecule has 1 saturated heterocycles. The lowest BCUT2D eigenvalue weighted by atomic mass is 10.1. The number of ether oxygens (including phenoxy) is 1. The maximum absolute atomic E-state index is 12.9. The number of para-hydroxylation sites is 1. The Hall–Kier alpha value is -2.97. The normalized spacial score (nSPS) is 14.7. The molecule has 0 saturated carbocycles. The van der Waals surface area contributed by atoms with E-state index in [1.165, 1.54) is 0 Å². The van der Waals surface area contributed by atoms with E-state index in [0.29, 0.717) is 49.3 Å². The minimum atomic E-state index is -0.0120. The van der Waals surface area contributed by atoms with Gasteiger partial charge in [0.05, 0.1) is 17.0 Å². The fourth-order valence-electron chi connectivity index (χ4n) is 3.21. The number of piperazine rings is 1. The van der Waals surface area contributed by atoms with Crippen molar-refractivity contribution in [1.82, 2.24) is 19.9 Å². The van der Waals surface area contributed by atoms with Gasteiger partial charge in [-0.05, 0) is 23.6 Å². The minimum Gasteiger partial charge on any atom is -0.489 e. The monoisotopic (exact) mass is 410 g/mol. The van der Waals surface area contributed by atoms with Crippen molar-refractivity contribution < 1.29 is 14.1 Å².